The van der Waals surface area contributed by atoms with Crippen molar-refractivity contribution in [2.45, 2.75) is 65.7 Å². The number of hydrogen-bond acceptors (Lipinski definition) is 2. The van der Waals surface area contributed by atoms with Crippen LogP contribution in [-0.2, 0) is 4.79 Å². The van der Waals surface area contributed by atoms with Gasteiger partial charge in [0.1, 0.15) is 0 Å². The minimum atomic E-state index is 0. The van der Waals surface area contributed by atoms with Crippen LogP contribution in [0.2, 0.25) is 0 Å². The van der Waals surface area contributed by atoms with Gasteiger partial charge in [0.25, 0.3) is 0 Å². The number of rotatable bonds is 10. The van der Waals surface area contributed by atoms with E-state index >= 15 is 0 Å². The Hall–Kier alpha value is -0.540. The lowest BCUT2D eigenvalue weighted by molar-refractivity contribution is -0.127. The molecule has 0 atom stereocenters. The lowest BCUT2D eigenvalue weighted by atomic mass is 10.1. The molecule has 0 aromatic heterocycles. The molecule has 0 saturated carbocycles. The minimum Gasteiger partial charge on any atom is -0.339 e. The Kier molecular flexibility index (Phi) is 23.6. The first-order chi connectivity index (χ1) is 9.54. The van der Waals surface area contributed by atoms with Crippen molar-refractivity contribution < 1.29 is 4.79 Å². The average Bonchev–Trinajstić information content (AvgIpc) is 2.41. The van der Waals surface area contributed by atoms with Crippen molar-refractivity contribution >= 4 is 18.3 Å². The number of carbonyl (C=O) groups is 1. The largest absolute Gasteiger partial charge is 0.339 e. The van der Waals surface area contributed by atoms with Gasteiger partial charge in [-0.2, -0.15) is 0 Å². The highest BCUT2D eigenvalue weighted by Crippen LogP contribution is 2.08. The van der Waals surface area contributed by atoms with Gasteiger partial charge in [0, 0.05) is 18.7 Å². The summed E-state index contributed by atoms with van der Waals surface area (Å²) in [6, 6.07) is 0. The van der Waals surface area contributed by atoms with Crippen molar-refractivity contribution in [3.63, 3.8) is 0 Å². The molecule has 0 heterocycles. The highest BCUT2D eigenvalue weighted by atomic mass is 35.5. The molecule has 0 spiro atoms. The number of halogens is 1. The molecule has 0 rings (SSSR count). The third kappa shape index (κ3) is 17.4. The monoisotopic (exact) mass is 320 g/mol. The molecule has 21 heavy (non-hydrogen) atoms. The molecule has 1 amide bonds. The van der Waals surface area contributed by atoms with Crippen LogP contribution in [0.1, 0.15) is 65.7 Å². The molecule has 0 aliphatic heterocycles. The van der Waals surface area contributed by atoms with Crippen molar-refractivity contribution in [1.29, 1.82) is 0 Å². The van der Waals surface area contributed by atoms with Gasteiger partial charge in [0.15, 0.2) is 0 Å². The highest BCUT2D eigenvalue weighted by molar-refractivity contribution is 5.92. The van der Waals surface area contributed by atoms with Crippen LogP contribution in [0.3, 0.4) is 0 Å². The van der Waals surface area contributed by atoms with E-state index in [2.05, 4.69) is 25.7 Å². The van der Waals surface area contributed by atoms with E-state index in [0.717, 1.165) is 25.9 Å². The van der Waals surface area contributed by atoms with Crippen molar-refractivity contribution in [3.8, 4) is 0 Å². The fourth-order valence-corrected chi connectivity index (χ4v) is 1.94. The van der Waals surface area contributed by atoms with E-state index in [0.29, 0.717) is 5.57 Å². The van der Waals surface area contributed by atoms with Gasteiger partial charge < -0.3 is 10.2 Å². The predicted octanol–water partition coefficient (Wildman–Crippen LogP) is 4.42. The summed E-state index contributed by atoms with van der Waals surface area (Å²) in [5, 5.41) is 2.75. The van der Waals surface area contributed by atoms with Crippen LogP contribution < -0.4 is 5.32 Å². The van der Waals surface area contributed by atoms with E-state index in [1.54, 1.807) is 6.92 Å². The predicted molar refractivity (Wildman–Crippen MR) is 97.3 cm³/mol. The maximum Gasteiger partial charge on any atom is 0.248 e. The third-order valence-corrected chi connectivity index (χ3v) is 2.93. The van der Waals surface area contributed by atoms with Crippen molar-refractivity contribution in [1.82, 2.24) is 10.2 Å². The molecule has 128 valence electrons. The standard InChI is InChI=1S/C15H29NO.C2H7N.ClH/c1-5-7-8-9-10-11-13-16(12-6-2)15(17)14(3)4;1-3-2;/h3,5-13H2,1-2,4H3;3H,1-2H3;1H. The zero-order valence-electron chi connectivity index (χ0n) is 14.8. The number of amides is 1. The average molecular weight is 321 g/mol. The number of carbonyl (C=O) groups excluding carboxylic acids is 1. The second-order valence-corrected chi connectivity index (χ2v) is 5.34. The van der Waals surface area contributed by atoms with Gasteiger partial charge >= 0.3 is 0 Å². The summed E-state index contributed by atoms with van der Waals surface area (Å²) in [6.45, 7) is 11.6. The van der Waals surface area contributed by atoms with Gasteiger partial charge in [-0.1, -0.05) is 52.5 Å². The second-order valence-electron chi connectivity index (χ2n) is 5.34. The molecular weight excluding hydrogens is 284 g/mol. The molecule has 1 N–H and O–H groups in total. The molecule has 3 nitrogen and oxygen atoms in total. The van der Waals surface area contributed by atoms with E-state index in [-0.39, 0.29) is 18.3 Å². The van der Waals surface area contributed by atoms with Crippen LogP contribution in [-0.4, -0.2) is 38.0 Å². The van der Waals surface area contributed by atoms with Crippen LogP contribution in [0.15, 0.2) is 12.2 Å². The molecule has 4 heteroatoms. The summed E-state index contributed by atoms with van der Waals surface area (Å²) in [4.78, 5) is 13.8. The maximum atomic E-state index is 11.8. The summed E-state index contributed by atoms with van der Waals surface area (Å²) in [6.07, 6.45) is 8.65. The number of nitrogens with one attached hydrogen (secondary N) is 1. The van der Waals surface area contributed by atoms with Gasteiger partial charge in [-0.3, -0.25) is 4.79 Å². The summed E-state index contributed by atoms with van der Waals surface area (Å²) < 4.78 is 0. The van der Waals surface area contributed by atoms with Crippen LogP contribution in [0, 0.1) is 0 Å². The quantitative estimate of drug-likeness (QED) is 0.477. The molecule has 0 aliphatic carbocycles. The molecule has 0 radical (unpaired) electrons. The topological polar surface area (TPSA) is 32.3 Å². The van der Waals surface area contributed by atoms with E-state index in [4.69, 9.17) is 0 Å². The van der Waals surface area contributed by atoms with Crippen LogP contribution >= 0.6 is 12.4 Å². The Balaban J connectivity index is -0.000000740. The molecule has 0 bridgehead atoms. The minimum absolute atomic E-state index is 0. The molecule has 0 aliphatic rings. The van der Waals surface area contributed by atoms with Gasteiger partial charge in [-0.15, -0.1) is 12.4 Å². The van der Waals surface area contributed by atoms with Crippen molar-refractivity contribution in [2.24, 2.45) is 0 Å². The SMILES string of the molecule is C=C(C)C(=O)N(CCC)CCCCCCCC.CNC.Cl. The fraction of sp³-hybridized carbons (Fsp3) is 0.824. The number of unbranched alkanes of at least 4 members (excludes halogenated alkanes) is 5. The van der Waals surface area contributed by atoms with E-state index < -0.39 is 0 Å². The van der Waals surface area contributed by atoms with E-state index in [9.17, 15) is 4.79 Å². The second kappa shape index (κ2) is 19.5. The molecular formula is C17H37ClN2O. The van der Waals surface area contributed by atoms with Crippen LogP contribution in [0.25, 0.3) is 0 Å². The highest BCUT2D eigenvalue weighted by Gasteiger charge is 2.12. The Morgan fingerprint density at radius 1 is 0.952 bits per heavy atom. The summed E-state index contributed by atoms with van der Waals surface area (Å²) in [5.41, 5.74) is 0.657. The van der Waals surface area contributed by atoms with Crippen molar-refractivity contribution in [2.75, 3.05) is 27.2 Å². The van der Waals surface area contributed by atoms with Gasteiger partial charge in [-0.25, -0.2) is 0 Å². The maximum absolute atomic E-state index is 11.8. The Morgan fingerprint density at radius 3 is 1.86 bits per heavy atom. The molecule has 0 aromatic rings. The summed E-state index contributed by atoms with van der Waals surface area (Å²) in [7, 11) is 3.75. The molecule has 0 aromatic carbocycles. The van der Waals surface area contributed by atoms with Crippen LogP contribution in [0.4, 0.5) is 0 Å². The Labute approximate surface area is 139 Å². The normalized spacial score (nSPS) is 9.19. The first-order valence-electron chi connectivity index (χ1n) is 8.08. The smallest absolute Gasteiger partial charge is 0.248 e. The third-order valence-electron chi connectivity index (χ3n) is 2.93. The van der Waals surface area contributed by atoms with Gasteiger partial charge in [0.05, 0.1) is 0 Å². The first kappa shape index (κ1) is 25.4. The van der Waals surface area contributed by atoms with E-state index in [1.807, 2.05) is 19.0 Å². The molecule has 0 unspecified atom stereocenters. The van der Waals surface area contributed by atoms with Crippen molar-refractivity contribution in [3.05, 3.63) is 12.2 Å². The fourth-order valence-electron chi connectivity index (χ4n) is 1.94. The van der Waals surface area contributed by atoms with Gasteiger partial charge in [0.2, 0.25) is 5.91 Å². The Morgan fingerprint density at radius 2 is 1.43 bits per heavy atom. The van der Waals surface area contributed by atoms with Gasteiger partial charge in [-0.05, 0) is 33.9 Å². The lowest BCUT2D eigenvalue weighted by Gasteiger charge is -2.22. The molecule has 0 saturated heterocycles. The lowest BCUT2D eigenvalue weighted by Crippen LogP contribution is -2.33. The zero-order chi connectivity index (χ0) is 15.8. The number of nitrogens with zero attached hydrogens (tertiary/aromatic N) is 1. The Bertz CT molecular complexity index is 245. The number of hydrogen-bond donors (Lipinski definition) is 1. The van der Waals surface area contributed by atoms with Crippen LogP contribution in [0.5, 0.6) is 0 Å². The molecule has 0 fully saturated rings. The van der Waals surface area contributed by atoms with E-state index in [1.165, 1.54) is 32.1 Å². The summed E-state index contributed by atoms with van der Waals surface area (Å²) >= 11 is 0. The first-order valence-corrected chi connectivity index (χ1v) is 8.08. The summed E-state index contributed by atoms with van der Waals surface area (Å²) in [5.74, 6) is 0.125. The zero-order valence-corrected chi connectivity index (χ0v) is 15.7.